The van der Waals surface area contributed by atoms with E-state index >= 15 is 4.79 Å². The average Bonchev–Trinajstić information content (AvgIpc) is 1.36. The van der Waals surface area contributed by atoms with Crippen molar-refractivity contribution in [3.63, 3.8) is 0 Å². The molecule has 128 heavy (non-hydrogen) atoms. The highest BCUT2D eigenvalue weighted by Gasteiger charge is 2.44. The number of nitrogens with zero attached hydrogens (tertiary/aromatic N) is 4. The third-order valence-electron chi connectivity index (χ3n) is 22.3. The fourth-order valence-electron chi connectivity index (χ4n) is 14.9. The summed E-state index contributed by atoms with van der Waals surface area (Å²) in [6, 6.07) is 23.3. The van der Waals surface area contributed by atoms with Gasteiger partial charge in [-0.25, -0.2) is 4.79 Å². The number of methoxy groups -OCH3 is 3. The lowest BCUT2D eigenvalue weighted by atomic mass is 9.89. The SMILES string of the molecule is CC[C@H](C)[C@@H]([C@@H](CC(=O)N1CCC[C@H]1[C@H](OC)[C@@H](C)C(=O)N[C@H](C)[C@@H](O)c1ccccc1)OC)N(C)C(=O)[C@@H](NC(=O)[C@H](C(C)C)N(C)C(=O)OCc1ccc(NC(=O)CNC(=O)[C@H](Cc2ccccc2)NC(=O)CNC(=O)CNC(=O)[C@@H](N)CCC(=O)NCCOCCOCCOCCNC(=O)CCCc2ccc(OC)cc2)cc1C(=O)NCCCN(C)C)C(C)C. The number of likely N-dealkylation sites (N-methyl/N-ethyl adjacent to an activating group) is 2. The molecule has 0 bridgehead atoms. The van der Waals surface area contributed by atoms with Crippen molar-refractivity contribution in [2.75, 3.05) is 147 Å². The molecule has 1 fully saturated rings. The van der Waals surface area contributed by atoms with E-state index in [1.807, 2.05) is 75.3 Å². The number of aliphatic hydroxyl groups is 1. The molecule has 5 rings (SSSR count). The Morgan fingerprint density at radius 2 is 1.20 bits per heavy atom. The largest absolute Gasteiger partial charge is 0.497 e. The molecule has 12 atom stereocenters. The Morgan fingerprint density at radius 3 is 1.80 bits per heavy atom. The van der Waals surface area contributed by atoms with Gasteiger partial charge in [0.15, 0.2) is 0 Å². The zero-order valence-corrected chi connectivity index (χ0v) is 77.3. The molecular formula is C92H141N15O21. The third kappa shape index (κ3) is 37.5. The smallest absolute Gasteiger partial charge is 0.410 e. The van der Waals surface area contributed by atoms with Crippen LogP contribution in [0.15, 0.2) is 103 Å². The van der Waals surface area contributed by atoms with Crippen LogP contribution in [0.4, 0.5) is 10.5 Å². The number of hydrogen-bond donors (Lipinski definition) is 12. The van der Waals surface area contributed by atoms with Crippen LogP contribution in [0.1, 0.15) is 152 Å². The van der Waals surface area contributed by atoms with Gasteiger partial charge in [-0.05, 0) is 125 Å². The number of benzene rings is 4. The minimum Gasteiger partial charge on any atom is -0.497 e. The minimum atomic E-state index is -1.26. The highest BCUT2D eigenvalue weighted by Crippen LogP contribution is 2.31. The standard InChI is InChI=1S/C92H141N15O21/c1-16-61(6)83(74(123-14)54-80(113)107-45-24-31-73(107)85(124-15)62(7)86(115)100-63(8)84(114)66-29-21-18-22-30-66)105(11)91(120)81(59(2)3)103-90(119)82(60(4)5)106(12)92(121)128-58-67-35-36-68(53-70(67)87(116)96-41-25-44-104(9)10)101-78(111)57-99-89(118)72(52-65-26-19-17-20-27-65)102-79(112)56-97-77(110)55-98-88(117)71(93)39-40-76(109)95-43-47-126-49-51-127-50-48-125-46-42-94-75(108)32-23-28-64-33-37-69(122-13)38-34-64/h17-22,26-27,29-30,33-38,53,59-63,71-74,81-85,114H,16,23-25,28,31-32,39-52,54-58,93H2,1-15H3,(H,94,108)(H,95,109)(H,96,116)(H,97,110)(H,98,117)(H,99,118)(H,100,115)(H,101,111)(H,102,112)(H,103,119)/t61-,62+,63+,71-,72-,73-,74+,81-,82-,83-,84+,85+/m0/s1. The van der Waals surface area contributed by atoms with Crippen LogP contribution in [0.3, 0.4) is 0 Å². The Morgan fingerprint density at radius 1 is 0.586 bits per heavy atom. The van der Waals surface area contributed by atoms with Crippen molar-refractivity contribution in [1.82, 2.24) is 67.5 Å². The molecule has 1 saturated heterocycles. The number of rotatable bonds is 59. The Kier molecular flexibility index (Phi) is 48.8. The summed E-state index contributed by atoms with van der Waals surface area (Å²) in [5.74, 6) is -7.64. The molecule has 0 radical (unpaired) electrons. The summed E-state index contributed by atoms with van der Waals surface area (Å²) in [4.78, 5) is 184. The van der Waals surface area contributed by atoms with Crippen LogP contribution in [0.25, 0.3) is 0 Å². The van der Waals surface area contributed by atoms with Crippen LogP contribution in [0.5, 0.6) is 5.75 Å². The summed E-state index contributed by atoms with van der Waals surface area (Å²) in [6.45, 7) is 15.8. The van der Waals surface area contributed by atoms with E-state index in [9.17, 15) is 62.6 Å². The first-order valence-electron chi connectivity index (χ1n) is 44.1. The van der Waals surface area contributed by atoms with Crippen LogP contribution < -0.4 is 63.6 Å². The fourth-order valence-corrected chi connectivity index (χ4v) is 14.9. The summed E-state index contributed by atoms with van der Waals surface area (Å²) >= 11 is 0. The van der Waals surface area contributed by atoms with E-state index in [1.54, 1.807) is 103 Å². The number of anilines is 1. The van der Waals surface area contributed by atoms with Crippen LogP contribution in [0, 0.1) is 23.7 Å². The molecule has 710 valence electrons. The first-order valence-corrected chi connectivity index (χ1v) is 44.1. The van der Waals surface area contributed by atoms with Gasteiger partial charge in [0.25, 0.3) is 5.91 Å². The molecular weight excluding hydrogens is 1650 g/mol. The first-order chi connectivity index (χ1) is 61.1. The molecule has 1 heterocycles. The second-order valence-electron chi connectivity index (χ2n) is 33.1. The van der Waals surface area contributed by atoms with Crippen molar-refractivity contribution in [2.24, 2.45) is 29.4 Å². The van der Waals surface area contributed by atoms with Crippen LogP contribution in [-0.2, 0) is 101 Å². The molecule has 36 nitrogen and oxygen atoms in total. The molecule has 13 N–H and O–H groups in total. The number of nitrogens with two attached hydrogens (primary N) is 1. The van der Waals surface area contributed by atoms with Gasteiger partial charge in [-0.1, -0.05) is 134 Å². The predicted molar refractivity (Wildman–Crippen MR) is 482 cm³/mol. The van der Waals surface area contributed by atoms with Crippen LogP contribution in [0.2, 0.25) is 0 Å². The van der Waals surface area contributed by atoms with Crippen LogP contribution >= 0.6 is 0 Å². The lowest BCUT2D eigenvalue weighted by Gasteiger charge is -2.41. The van der Waals surface area contributed by atoms with Gasteiger partial charge >= 0.3 is 6.09 Å². The molecule has 0 unspecified atom stereocenters. The summed E-state index contributed by atoms with van der Waals surface area (Å²) < 4.78 is 39.6. The zero-order valence-electron chi connectivity index (χ0n) is 77.3. The molecule has 13 amide bonds. The number of carbonyl (C=O) groups excluding carboxylic acids is 13. The van der Waals surface area contributed by atoms with Crippen molar-refractivity contribution in [3.8, 4) is 5.75 Å². The normalized spacial score (nSPS) is 15.1. The summed E-state index contributed by atoms with van der Waals surface area (Å²) in [7, 11) is 11.4. The van der Waals surface area contributed by atoms with Gasteiger partial charge in [0.1, 0.15) is 30.5 Å². The van der Waals surface area contributed by atoms with Crippen molar-refractivity contribution >= 4 is 82.7 Å². The summed E-state index contributed by atoms with van der Waals surface area (Å²) in [5, 5.41) is 37.9. The molecule has 36 heteroatoms. The van der Waals surface area contributed by atoms with Gasteiger partial charge in [-0.3, -0.25) is 62.4 Å². The molecule has 0 aliphatic carbocycles. The van der Waals surface area contributed by atoms with E-state index in [-0.39, 0.29) is 98.3 Å². The van der Waals surface area contributed by atoms with Gasteiger partial charge in [0, 0.05) is 90.6 Å². The van der Waals surface area contributed by atoms with Crippen molar-refractivity contribution in [1.29, 1.82) is 0 Å². The second-order valence-corrected chi connectivity index (χ2v) is 33.1. The van der Waals surface area contributed by atoms with Crippen molar-refractivity contribution in [2.45, 2.75) is 193 Å². The van der Waals surface area contributed by atoms with E-state index in [1.165, 1.54) is 44.4 Å². The van der Waals surface area contributed by atoms with Crippen molar-refractivity contribution in [3.05, 3.63) is 131 Å². The number of aryl methyl sites for hydroxylation is 1. The molecule has 0 aromatic heterocycles. The maximum Gasteiger partial charge on any atom is 0.410 e. The zero-order chi connectivity index (χ0) is 94.4. The first kappa shape index (κ1) is 108. The molecule has 4 aromatic carbocycles. The van der Waals surface area contributed by atoms with Gasteiger partial charge in [0.2, 0.25) is 65.0 Å². The molecule has 0 spiro atoms. The number of hydrogen-bond acceptors (Lipinski definition) is 23. The number of ether oxygens (including phenoxy) is 7. The molecule has 1 aliphatic rings. The van der Waals surface area contributed by atoms with E-state index in [4.69, 9.17) is 38.9 Å². The lowest BCUT2D eigenvalue weighted by molar-refractivity contribution is -0.148. The minimum absolute atomic E-state index is 0.0201. The Balaban J connectivity index is 1.09. The number of nitrogens with one attached hydrogen (secondary N) is 10. The maximum atomic E-state index is 15.0. The van der Waals surface area contributed by atoms with Crippen LogP contribution in [-0.4, -0.2) is 298 Å². The Hall–Kier alpha value is -10.7. The quantitative estimate of drug-likeness (QED) is 0.0280. The van der Waals surface area contributed by atoms with Crippen molar-refractivity contribution < 1.29 is 101 Å². The topological polar surface area (TPSA) is 466 Å². The third-order valence-corrected chi connectivity index (χ3v) is 22.3. The van der Waals surface area contributed by atoms with Gasteiger partial charge in [-0.15, -0.1) is 0 Å². The Labute approximate surface area is 753 Å². The number of likely N-dealkylation sites (tertiary alicyclic amines) is 1. The Bertz CT molecular complexity index is 4130. The van der Waals surface area contributed by atoms with Gasteiger partial charge < -0.3 is 112 Å². The lowest BCUT2D eigenvalue weighted by Crippen LogP contribution is -2.60. The fraction of sp³-hybridized carbons (Fsp3) is 0.598. The summed E-state index contributed by atoms with van der Waals surface area (Å²) in [6.07, 6.45) is 0.598. The molecule has 0 saturated carbocycles. The van der Waals surface area contributed by atoms with E-state index in [2.05, 4.69) is 53.2 Å². The monoisotopic (exact) mass is 1790 g/mol. The number of aliphatic hydroxyl groups excluding tert-OH is 1. The van der Waals surface area contributed by atoms with E-state index in [0.29, 0.717) is 89.3 Å². The highest BCUT2D eigenvalue weighted by atomic mass is 16.6. The number of amides is 13. The second kappa shape index (κ2) is 58.0. The van der Waals surface area contributed by atoms with Gasteiger partial charge in [0.05, 0.1) is 121 Å². The maximum absolute atomic E-state index is 15.0. The van der Waals surface area contributed by atoms with E-state index < -0.39 is 158 Å². The molecule has 4 aromatic rings. The van der Waals surface area contributed by atoms with E-state index in [0.717, 1.165) is 29.1 Å². The molecule has 1 aliphatic heterocycles. The average molecular weight is 1790 g/mol. The predicted octanol–water partition coefficient (Wildman–Crippen LogP) is 3.70. The number of carbonyl (C=O) groups is 13. The van der Waals surface area contributed by atoms with Gasteiger partial charge in [-0.2, -0.15) is 0 Å². The highest BCUT2D eigenvalue weighted by molar-refractivity contribution is 6.00. The summed E-state index contributed by atoms with van der Waals surface area (Å²) in [5.41, 5.74) is 8.81.